The number of hydrogen-bond donors (Lipinski definition) is 2. The largest absolute Gasteiger partial charge is 0.394 e. The van der Waals surface area contributed by atoms with Gasteiger partial charge in [-0.1, -0.05) is 24.0 Å². The third-order valence-corrected chi connectivity index (χ3v) is 3.18. The van der Waals surface area contributed by atoms with Crippen LogP contribution in [-0.4, -0.2) is 54.9 Å². The van der Waals surface area contributed by atoms with Gasteiger partial charge in [0.05, 0.1) is 38.0 Å². The number of aliphatic hydroxyl groups is 1. The Bertz CT molecular complexity index is 533. The van der Waals surface area contributed by atoms with E-state index in [1.165, 1.54) is 0 Å². The molecular weight excluding hydrogens is 256 g/mol. The highest BCUT2D eigenvalue weighted by atomic mass is 16.5. The minimum atomic E-state index is -0.299. The molecule has 2 rings (SSSR count). The van der Waals surface area contributed by atoms with Crippen molar-refractivity contribution in [2.75, 3.05) is 32.9 Å². The van der Waals surface area contributed by atoms with Crippen molar-refractivity contribution in [3.05, 3.63) is 35.4 Å². The van der Waals surface area contributed by atoms with E-state index in [1.54, 1.807) is 23.1 Å². The Morgan fingerprint density at radius 2 is 2.30 bits per heavy atom. The Balaban J connectivity index is 2.28. The number of nitrogens with zero attached hydrogens (tertiary/aromatic N) is 1. The Kier molecular flexibility index (Phi) is 5.13. The van der Waals surface area contributed by atoms with E-state index in [0.29, 0.717) is 30.9 Å². The molecule has 1 saturated heterocycles. The lowest BCUT2D eigenvalue weighted by Gasteiger charge is -2.34. The maximum atomic E-state index is 12.6. The van der Waals surface area contributed by atoms with Crippen LogP contribution < -0.4 is 5.73 Å². The lowest BCUT2D eigenvalue weighted by Crippen LogP contribution is -2.50. The predicted molar refractivity (Wildman–Crippen MR) is 75.1 cm³/mol. The summed E-state index contributed by atoms with van der Waals surface area (Å²) in [6, 6.07) is 6.87. The highest BCUT2D eigenvalue weighted by molar-refractivity contribution is 5.97. The molecule has 1 amide bonds. The fourth-order valence-electron chi connectivity index (χ4n) is 2.15. The van der Waals surface area contributed by atoms with Gasteiger partial charge in [-0.2, -0.15) is 0 Å². The first-order valence-electron chi connectivity index (χ1n) is 6.55. The molecule has 20 heavy (non-hydrogen) atoms. The average Bonchev–Trinajstić information content (AvgIpc) is 2.52. The van der Waals surface area contributed by atoms with Gasteiger partial charge in [0, 0.05) is 12.1 Å². The molecule has 5 heteroatoms. The molecule has 0 aromatic heterocycles. The van der Waals surface area contributed by atoms with Crippen LogP contribution in [0.2, 0.25) is 0 Å². The van der Waals surface area contributed by atoms with Crippen LogP contribution in [0, 0.1) is 11.8 Å². The van der Waals surface area contributed by atoms with Crippen molar-refractivity contribution in [1.29, 1.82) is 0 Å². The van der Waals surface area contributed by atoms with Crippen LogP contribution in [0.15, 0.2) is 24.3 Å². The van der Waals surface area contributed by atoms with Gasteiger partial charge in [-0.15, -0.1) is 0 Å². The number of benzene rings is 1. The average molecular weight is 274 g/mol. The van der Waals surface area contributed by atoms with Gasteiger partial charge in [0.1, 0.15) is 0 Å². The van der Waals surface area contributed by atoms with Crippen molar-refractivity contribution in [3.8, 4) is 11.8 Å². The highest BCUT2D eigenvalue weighted by Gasteiger charge is 2.28. The molecule has 1 aliphatic rings. The number of morpholine rings is 1. The summed E-state index contributed by atoms with van der Waals surface area (Å²) in [4.78, 5) is 14.3. The molecule has 106 valence electrons. The molecule has 1 aromatic rings. The molecule has 1 atom stereocenters. The van der Waals surface area contributed by atoms with E-state index in [9.17, 15) is 9.90 Å². The van der Waals surface area contributed by atoms with Gasteiger partial charge in [0.25, 0.3) is 5.91 Å². The fourth-order valence-corrected chi connectivity index (χ4v) is 2.15. The second-order valence-electron chi connectivity index (χ2n) is 4.46. The fraction of sp³-hybridized carbons (Fsp3) is 0.400. The third-order valence-electron chi connectivity index (χ3n) is 3.18. The molecule has 0 radical (unpaired) electrons. The van der Waals surface area contributed by atoms with E-state index in [4.69, 9.17) is 10.5 Å². The zero-order valence-electron chi connectivity index (χ0n) is 11.2. The van der Waals surface area contributed by atoms with Crippen LogP contribution in [0.4, 0.5) is 0 Å². The Labute approximate surface area is 118 Å². The maximum absolute atomic E-state index is 12.6. The summed E-state index contributed by atoms with van der Waals surface area (Å²) in [7, 11) is 0. The molecule has 0 spiro atoms. The van der Waals surface area contributed by atoms with Gasteiger partial charge in [-0.3, -0.25) is 4.79 Å². The lowest BCUT2D eigenvalue weighted by molar-refractivity contribution is -0.0184. The number of carbonyl (C=O) groups excluding carboxylic acids is 1. The van der Waals surface area contributed by atoms with Crippen LogP contribution in [0.3, 0.4) is 0 Å². The molecule has 1 heterocycles. The van der Waals surface area contributed by atoms with Gasteiger partial charge in [0.2, 0.25) is 0 Å². The van der Waals surface area contributed by atoms with Gasteiger partial charge < -0.3 is 20.5 Å². The summed E-state index contributed by atoms with van der Waals surface area (Å²) >= 11 is 0. The molecule has 1 aromatic carbocycles. The standard InChI is InChI=1S/C15H18N2O3/c16-7-3-5-12-4-1-2-6-14(12)15(19)17-8-9-20-11-13(17)10-18/h1-2,4,6,13,18H,7-11,16H2. The van der Waals surface area contributed by atoms with Crippen LogP contribution in [0.5, 0.6) is 0 Å². The highest BCUT2D eigenvalue weighted by Crippen LogP contribution is 2.15. The van der Waals surface area contributed by atoms with Gasteiger partial charge in [-0.25, -0.2) is 0 Å². The summed E-state index contributed by atoms with van der Waals surface area (Å²) in [5.74, 6) is 5.54. The topological polar surface area (TPSA) is 75.8 Å². The molecule has 3 N–H and O–H groups in total. The second kappa shape index (κ2) is 7.06. The van der Waals surface area contributed by atoms with E-state index in [1.807, 2.05) is 6.07 Å². The summed E-state index contributed by atoms with van der Waals surface area (Å²) in [5.41, 5.74) is 6.56. The van der Waals surface area contributed by atoms with Crippen LogP contribution in [-0.2, 0) is 4.74 Å². The molecule has 5 nitrogen and oxygen atoms in total. The zero-order valence-corrected chi connectivity index (χ0v) is 11.2. The molecule has 1 fully saturated rings. The van der Waals surface area contributed by atoms with Crippen molar-refractivity contribution in [2.45, 2.75) is 6.04 Å². The Morgan fingerprint density at radius 1 is 1.50 bits per heavy atom. The molecule has 1 unspecified atom stereocenters. The van der Waals surface area contributed by atoms with Gasteiger partial charge in [0.15, 0.2) is 0 Å². The first-order chi connectivity index (χ1) is 9.77. The molecule has 0 saturated carbocycles. The SMILES string of the molecule is NCC#Cc1ccccc1C(=O)N1CCOCC1CO. The molecule has 1 aliphatic heterocycles. The Morgan fingerprint density at radius 3 is 3.05 bits per heavy atom. The first kappa shape index (κ1) is 14.5. The van der Waals surface area contributed by atoms with Crippen LogP contribution in [0.25, 0.3) is 0 Å². The van der Waals surface area contributed by atoms with Crippen molar-refractivity contribution >= 4 is 5.91 Å². The predicted octanol–water partition coefficient (Wildman–Crippen LogP) is -0.170. The van der Waals surface area contributed by atoms with Crippen molar-refractivity contribution in [2.24, 2.45) is 5.73 Å². The van der Waals surface area contributed by atoms with Crippen LogP contribution >= 0.6 is 0 Å². The summed E-state index contributed by atoms with van der Waals surface area (Å²) in [5, 5.41) is 9.35. The lowest BCUT2D eigenvalue weighted by atomic mass is 10.1. The zero-order chi connectivity index (χ0) is 14.4. The summed E-state index contributed by atoms with van der Waals surface area (Å²) in [6.07, 6.45) is 0. The third kappa shape index (κ3) is 3.17. The minimum absolute atomic E-state index is 0.109. The normalized spacial score (nSPS) is 18.3. The van der Waals surface area contributed by atoms with E-state index in [0.717, 1.165) is 0 Å². The van der Waals surface area contributed by atoms with Gasteiger partial charge >= 0.3 is 0 Å². The van der Waals surface area contributed by atoms with Gasteiger partial charge in [-0.05, 0) is 12.1 Å². The molecular formula is C15H18N2O3. The maximum Gasteiger partial charge on any atom is 0.255 e. The number of amides is 1. The van der Waals surface area contributed by atoms with Crippen molar-refractivity contribution in [3.63, 3.8) is 0 Å². The summed E-state index contributed by atoms with van der Waals surface area (Å²) in [6.45, 7) is 1.46. The van der Waals surface area contributed by atoms with Crippen LogP contribution in [0.1, 0.15) is 15.9 Å². The number of aliphatic hydroxyl groups excluding tert-OH is 1. The van der Waals surface area contributed by atoms with E-state index < -0.39 is 0 Å². The second-order valence-corrected chi connectivity index (χ2v) is 4.46. The quantitative estimate of drug-likeness (QED) is 0.734. The molecule has 0 aliphatic carbocycles. The van der Waals surface area contributed by atoms with E-state index >= 15 is 0 Å². The molecule has 0 bridgehead atoms. The van der Waals surface area contributed by atoms with Crippen molar-refractivity contribution < 1.29 is 14.6 Å². The van der Waals surface area contributed by atoms with Crippen molar-refractivity contribution in [1.82, 2.24) is 4.90 Å². The monoisotopic (exact) mass is 274 g/mol. The van der Waals surface area contributed by atoms with E-state index in [-0.39, 0.29) is 25.1 Å². The number of nitrogens with two attached hydrogens (primary N) is 1. The minimum Gasteiger partial charge on any atom is -0.394 e. The number of rotatable bonds is 2. The number of hydrogen-bond acceptors (Lipinski definition) is 4. The first-order valence-corrected chi connectivity index (χ1v) is 6.55. The summed E-state index contributed by atoms with van der Waals surface area (Å²) < 4.78 is 5.29. The van der Waals surface area contributed by atoms with E-state index in [2.05, 4.69) is 11.8 Å². The Hall–Kier alpha value is -1.87. The smallest absolute Gasteiger partial charge is 0.255 e. The number of ether oxygens (including phenoxy) is 1. The number of carbonyl (C=O) groups is 1.